The molecule has 6 heterocycles. The summed E-state index contributed by atoms with van der Waals surface area (Å²) in [5.74, 6) is -0.266. The lowest BCUT2D eigenvalue weighted by atomic mass is 9.76. The topological polar surface area (TPSA) is 92.8 Å². The summed E-state index contributed by atoms with van der Waals surface area (Å²) in [6.45, 7) is 11.5. The standard InChI is InChI=1S/C36H43N5O3/c1-24-31(32(34(42)43)44-35(2,3)4)33-40-19-16-36(5,17-20-40)15-9-7-6-8-11-25-14-18-37-23-28(25)26-12-10-13-27(21-26)29-22-30(38-24)41(33)39-29/h6-7,10,12-14,18,21-23,32H,8-9,11,15-17,19-20H2,1-5H3,(H,42,43)/t32-/m0/s1. The number of rotatable bonds is 3. The molecule has 3 aromatic heterocycles. The molecular formula is C36H43N5O3. The van der Waals surface area contributed by atoms with Gasteiger partial charge in [-0.1, -0.05) is 37.3 Å². The van der Waals surface area contributed by atoms with Crippen molar-refractivity contribution < 1.29 is 14.6 Å². The van der Waals surface area contributed by atoms with E-state index in [9.17, 15) is 9.90 Å². The largest absolute Gasteiger partial charge is 0.479 e. The summed E-state index contributed by atoms with van der Waals surface area (Å²) >= 11 is 0. The Kier molecular flexibility index (Phi) is 8.05. The minimum absolute atomic E-state index is 0.214. The van der Waals surface area contributed by atoms with Crippen molar-refractivity contribution in [2.24, 2.45) is 5.41 Å². The number of benzene rings is 1. The molecule has 6 bridgehead atoms. The predicted molar refractivity (Wildman–Crippen MR) is 174 cm³/mol. The molecule has 3 aliphatic heterocycles. The van der Waals surface area contributed by atoms with Crippen LogP contribution in [0.25, 0.3) is 28.0 Å². The van der Waals surface area contributed by atoms with Crippen molar-refractivity contribution in [2.75, 3.05) is 18.0 Å². The van der Waals surface area contributed by atoms with Gasteiger partial charge in [0.15, 0.2) is 11.8 Å². The Hall–Kier alpha value is -4.04. The van der Waals surface area contributed by atoms with Gasteiger partial charge in [-0.3, -0.25) is 4.98 Å². The molecule has 0 amide bonds. The molecule has 0 radical (unpaired) electrons. The number of carboxylic acids is 1. The monoisotopic (exact) mass is 593 g/mol. The zero-order chi connectivity index (χ0) is 31.1. The predicted octanol–water partition coefficient (Wildman–Crippen LogP) is 7.60. The van der Waals surface area contributed by atoms with E-state index in [1.54, 1.807) is 0 Å². The van der Waals surface area contributed by atoms with Crippen LogP contribution in [0, 0.1) is 12.3 Å². The summed E-state index contributed by atoms with van der Waals surface area (Å²) < 4.78 is 8.05. The molecule has 230 valence electrons. The molecule has 8 nitrogen and oxygen atoms in total. The van der Waals surface area contributed by atoms with Crippen LogP contribution in [0.3, 0.4) is 0 Å². The van der Waals surface area contributed by atoms with E-state index >= 15 is 0 Å². The number of piperidine rings is 1. The van der Waals surface area contributed by atoms with E-state index < -0.39 is 17.7 Å². The highest BCUT2D eigenvalue weighted by molar-refractivity contribution is 5.79. The summed E-state index contributed by atoms with van der Waals surface area (Å²) in [5.41, 5.74) is 6.70. The third-order valence-corrected chi connectivity index (χ3v) is 9.07. The molecule has 0 aliphatic carbocycles. The maximum absolute atomic E-state index is 12.8. The fourth-order valence-corrected chi connectivity index (χ4v) is 6.62. The van der Waals surface area contributed by atoms with Gasteiger partial charge in [-0.05, 0) is 94.9 Å². The third-order valence-electron chi connectivity index (χ3n) is 9.07. The van der Waals surface area contributed by atoms with Gasteiger partial charge in [0.05, 0.1) is 16.9 Å². The van der Waals surface area contributed by atoms with Crippen molar-refractivity contribution in [3.63, 3.8) is 0 Å². The summed E-state index contributed by atoms with van der Waals surface area (Å²) in [6, 6.07) is 12.5. The first-order chi connectivity index (χ1) is 21.0. The van der Waals surface area contributed by atoms with Gasteiger partial charge in [-0.25, -0.2) is 9.78 Å². The fraction of sp³-hybridized carbons (Fsp3) is 0.444. The minimum atomic E-state index is -1.18. The molecular weight excluding hydrogens is 550 g/mol. The Balaban J connectivity index is 1.55. The van der Waals surface area contributed by atoms with Gasteiger partial charge in [-0.15, -0.1) is 0 Å². The van der Waals surface area contributed by atoms with Crippen molar-refractivity contribution in [1.29, 1.82) is 0 Å². The normalized spacial score (nSPS) is 17.6. The Morgan fingerprint density at radius 3 is 2.55 bits per heavy atom. The average molecular weight is 594 g/mol. The van der Waals surface area contributed by atoms with Crippen LogP contribution in [0.4, 0.5) is 5.82 Å². The molecule has 0 spiro atoms. The maximum Gasteiger partial charge on any atom is 0.337 e. The number of ether oxygens (including phenoxy) is 1. The Bertz CT molecular complexity index is 1710. The van der Waals surface area contributed by atoms with Crippen LogP contribution in [-0.4, -0.2) is 49.3 Å². The van der Waals surface area contributed by atoms with Gasteiger partial charge >= 0.3 is 5.97 Å². The second-order valence-corrected chi connectivity index (χ2v) is 13.6. The molecule has 0 unspecified atom stereocenters. The first kappa shape index (κ1) is 30.0. The molecule has 1 aromatic carbocycles. The summed E-state index contributed by atoms with van der Waals surface area (Å²) in [6.07, 6.45) is 13.4. The number of anilines is 1. The lowest BCUT2D eigenvalue weighted by molar-refractivity contribution is -0.160. The first-order valence-electron chi connectivity index (χ1n) is 15.8. The van der Waals surface area contributed by atoms with E-state index in [-0.39, 0.29) is 5.41 Å². The Labute approximate surface area is 259 Å². The number of aromatic nitrogens is 4. The molecule has 7 rings (SSSR count). The third kappa shape index (κ3) is 6.13. The van der Waals surface area contributed by atoms with Gasteiger partial charge in [0, 0.05) is 48.4 Å². The van der Waals surface area contributed by atoms with Crippen LogP contribution in [-0.2, 0) is 16.0 Å². The quantitative estimate of drug-likeness (QED) is 0.245. The van der Waals surface area contributed by atoms with E-state index in [1.807, 2.05) is 50.7 Å². The van der Waals surface area contributed by atoms with Crippen LogP contribution >= 0.6 is 0 Å². The van der Waals surface area contributed by atoms with E-state index in [1.165, 1.54) is 5.56 Å². The number of pyridine rings is 1. The number of allylic oxidation sites excluding steroid dienone is 2. The second-order valence-electron chi connectivity index (χ2n) is 13.6. The van der Waals surface area contributed by atoms with Crippen molar-refractivity contribution in [1.82, 2.24) is 19.6 Å². The SMILES string of the molecule is Cc1nc2cc3nn2c(c1[C@H](OC(C)(C)C)C(=O)O)N1CCC(C)(CCC=CCCc2ccncc2-c2cccc-3c2)CC1. The molecule has 1 saturated heterocycles. The van der Waals surface area contributed by atoms with Crippen molar-refractivity contribution in [3.05, 3.63) is 77.8 Å². The molecule has 0 saturated carbocycles. The van der Waals surface area contributed by atoms with E-state index in [4.69, 9.17) is 14.8 Å². The zero-order valence-electron chi connectivity index (χ0n) is 26.5. The number of hydrogen-bond acceptors (Lipinski definition) is 6. The lowest BCUT2D eigenvalue weighted by Gasteiger charge is -2.41. The van der Waals surface area contributed by atoms with E-state index in [0.29, 0.717) is 16.9 Å². The number of hydrogen-bond donors (Lipinski definition) is 1. The van der Waals surface area contributed by atoms with E-state index in [0.717, 1.165) is 79.8 Å². The minimum Gasteiger partial charge on any atom is -0.479 e. The summed E-state index contributed by atoms with van der Waals surface area (Å²) in [4.78, 5) is 24.4. The first-order valence-corrected chi connectivity index (χ1v) is 15.8. The van der Waals surface area contributed by atoms with Gasteiger partial charge in [-0.2, -0.15) is 9.61 Å². The summed E-state index contributed by atoms with van der Waals surface area (Å²) in [5, 5.41) is 15.6. The number of nitrogens with zero attached hydrogens (tertiary/aromatic N) is 5. The molecule has 1 atom stereocenters. The Morgan fingerprint density at radius 1 is 1.05 bits per heavy atom. The van der Waals surface area contributed by atoms with Gasteiger partial charge in [0.25, 0.3) is 0 Å². The van der Waals surface area contributed by atoms with Crippen LogP contribution in [0.1, 0.15) is 82.7 Å². The molecule has 8 heteroatoms. The van der Waals surface area contributed by atoms with Gasteiger partial charge in [0.1, 0.15) is 5.82 Å². The average Bonchev–Trinajstić information content (AvgIpc) is 3.41. The molecule has 1 N–H and O–H groups in total. The molecule has 44 heavy (non-hydrogen) atoms. The number of aliphatic carboxylic acids is 1. The molecule has 3 aliphatic rings. The Morgan fingerprint density at radius 2 is 1.80 bits per heavy atom. The van der Waals surface area contributed by atoms with Gasteiger partial charge in [0.2, 0.25) is 0 Å². The van der Waals surface area contributed by atoms with Crippen LogP contribution in [0.15, 0.2) is 60.9 Å². The number of carbonyl (C=O) groups is 1. The van der Waals surface area contributed by atoms with Crippen LogP contribution in [0.2, 0.25) is 0 Å². The highest BCUT2D eigenvalue weighted by Crippen LogP contribution is 2.41. The number of carboxylic acid groups (broad SMARTS) is 1. The lowest BCUT2D eigenvalue weighted by Crippen LogP contribution is -2.41. The maximum atomic E-state index is 12.8. The molecule has 1 fully saturated rings. The zero-order valence-corrected chi connectivity index (χ0v) is 26.5. The van der Waals surface area contributed by atoms with Crippen LogP contribution < -0.4 is 4.90 Å². The second kappa shape index (κ2) is 11.8. The van der Waals surface area contributed by atoms with Crippen molar-refractivity contribution in [2.45, 2.75) is 84.8 Å². The van der Waals surface area contributed by atoms with Gasteiger partial charge < -0.3 is 14.7 Å². The summed E-state index contributed by atoms with van der Waals surface area (Å²) in [7, 11) is 0. The molecule has 4 aromatic rings. The number of fused-ring (bicyclic) bond motifs is 6. The smallest absolute Gasteiger partial charge is 0.337 e. The van der Waals surface area contributed by atoms with Crippen molar-refractivity contribution in [3.8, 4) is 22.4 Å². The fourth-order valence-electron chi connectivity index (χ4n) is 6.62. The van der Waals surface area contributed by atoms with E-state index in [2.05, 4.69) is 59.3 Å². The van der Waals surface area contributed by atoms with Crippen molar-refractivity contribution >= 4 is 17.4 Å². The van der Waals surface area contributed by atoms with Crippen LogP contribution in [0.5, 0.6) is 0 Å². The highest BCUT2D eigenvalue weighted by atomic mass is 16.5. The highest BCUT2D eigenvalue weighted by Gasteiger charge is 2.37. The number of aryl methyl sites for hydroxylation is 2.